The van der Waals surface area contributed by atoms with Gasteiger partial charge in [-0.3, -0.25) is 9.10 Å². The van der Waals surface area contributed by atoms with Gasteiger partial charge >= 0.3 is 0 Å². The van der Waals surface area contributed by atoms with E-state index in [-0.39, 0.29) is 17.3 Å². The minimum absolute atomic E-state index is 0.152. The number of hydrogen-bond acceptors (Lipinski definition) is 3. The van der Waals surface area contributed by atoms with E-state index in [2.05, 4.69) is 0 Å². The van der Waals surface area contributed by atoms with E-state index < -0.39 is 10.0 Å². The second-order valence-electron chi connectivity index (χ2n) is 8.88. The number of nitrogens with zero attached hydrogens (tertiary/aromatic N) is 2. The number of amides is 1. The second kappa shape index (κ2) is 11.2. The summed E-state index contributed by atoms with van der Waals surface area (Å²) >= 11 is 0. The number of benzene rings is 4. The lowest BCUT2D eigenvalue weighted by molar-refractivity contribution is -0.130. The molecule has 0 aliphatic carbocycles. The number of sulfonamides is 1. The first-order valence-electron chi connectivity index (χ1n) is 11.8. The van der Waals surface area contributed by atoms with Crippen molar-refractivity contribution in [3.63, 3.8) is 0 Å². The Balaban J connectivity index is 1.69. The van der Waals surface area contributed by atoms with Crippen LogP contribution in [0.5, 0.6) is 0 Å². The molecule has 36 heavy (non-hydrogen) atoms. The minimum atomic E-state index is -3.97. The second-order valence-corrected chi connectivity index (χ2v) is 10.7. The molecule has 0 radical (unpaired) electrons. The van der Waals surface area contributed by atoms with E-state index in [1.165, 1.54) is 4.31 Å². The molecule has 0 N–H and O–H groups in total. The molecule has 0 aromatic heterocycles. The molecule has 4 aromatic rings. The molecule has 0 bridgehead atoms. The van der Waals surface area contributed by atoms with E-state index in [0.717, 1.165) is 22.3 Å². The summed E-state index contributed by atoms with van der Waals surface area (Å²) in [4.78, 5) is 15.6. The molecule has 5 nitrogen and oxygen atoms in total. The average molecular weight is 499 g/mol. The number of carbonyl (C=O) groups excluding carboxylic acids is 1. The fourth-order valence-electron chi connectivity index (χ4n) is 3.93. The van der Waals surface area contributed by atoms with Gasteiger partial charge < -0.3 is 4.90 Å². The molecule has 0 saturated heterocycles. The summed E-state index contributed by atoms with van der Waals surface area (Å²) in [6.45, 7) is 4.29. The Hall–Kier alpha value is -3.90. The Morgan fingerprint density at radius 3 is 1.56 bits per heavy atom. The van der Waals surface area contributed by atoms with E-state index in [0.29, 0.717) is 18.8 Å². The van der Waals surface area contributed by atoms with Gasteiger partial charge in [0.05, 0.1) is 10.6 Å². The molecule has 0 fully saturated rings. The van der Waals surface area contributed by atoms with Crippen molar-refractivity contribution in [2.75, 3.05) is 10.8 Å². The van der Waals surface area contributed by atoms with Gasteiger partial charge in [-0.2, -0.15) is 0 Å². The van der Waals surface area contributed by atoms with Crippen molar-refractivity contribution in [1.82, 2.24) is 4.90 Å². The summed E-state index contributed by atoms with van der Waals surface area (Å²) in [6.07, 6.45) is 0. The number of aryl methyl sites for hydroxylation is 2. The summed E-state index contributed by atoms with van der Waals surface area (Å²) in [7, 11) is -3.97. The maximum absolute atomic E-state index is 13.8. The van der Waals surface area contributed by atoms with Gasteiger partial charge in [0.1, 0.15) is 6.54 Å². The van der Waals surface area contributed by atoms with Gasteiger partial charge in [-0.05, 0) is 49.2 Å². The largest absolute Gasteiger partial charge is 0.332 e. The van der Waals surface area contributed by atoms with Crippen molar-refractivity contribution in [3.8, 4) is 0 Å². The third-order valence-electron chi connectivity index (χ3n) is 6.00. The van der Waals surface area contributed by atoms with Crippen LogP contribution in [0.25, 0.3) is 0 Å². The van der Waals surface area contributed by atoms with E-state index in [9.17, 15) is 13.2 Å². The van der Waals surface area contributed by atoms with E-state index >= 15 is 0 Å². The van der Waals surface area contributed by atoms with Crippen LogP contribution < -0.4 is 4.31 Å². The van der Waals surface area contributed by atoms with Gasteiger partial charge in [0.2, 0.25) is 5.91 Å². The van der Waals surface area contributed by atoms with Crippen molar-refractivity contribution in [2.24, 2.45) is 0 Å². The molecule has 0 spiro atoms. The lowest BCUT2D eigenvalue weighted by Gasteiger charge is -2.29. The number of carbonyl (C=O) groups is 1. The first-order valence-corrected chi connectivity index (χ1v) is 13.3. The molecule has 0 saturated carbocycles. The molecular formula is C30H30N2O3S. The van der Waals surface area contributed by atoms with Crippen molar-refractivity contribution >= 4 is 21.6 Å². The van der Waals surface area contributed by atoms with Crippen LogP contribution in [-0.2, 0) is 27.9 Å². The minimum Gasteiger partial charge on any atom is -0.332 e. The average Bonchev–Trinajstić information content (AvgIpc) is 2.89. The maximum atomic E-state index is 13.8. The van der Waals surface area contributed by atoms with Gasteiger partial charge in [-0.1, -0.05) is 96.1 Å². The quantitative estimate of drug-likeness (QED) is 0.296. The summed E-state index contributed by atoms with van der Waals surface area (Å²) in [5.41, 5.74) is 4.38. The molecule has 0 unspecified atom stereocenters. The monoisotopic (exact) mass is 498 g/mol. The summed E-state index contributed by atoms with van der Waals surface area (Å²) in [6, 6.07) is 33.3. The van der Waals surface area contributed by atoms with Crippen LogP contribution in [0, 0.1) is 13.8 Å². The fraction of sp³-hybridized carbons (Fsp3) is 0.167. The van der Waals surface area contributed by atoms with Crippen LogP contribution in [-0.4, -0.2) is 25.8 Å². The highest BCUT2D eigenvalue weighted by molar-refractivity contribution is 7.92. The Labute approximate surface area is 213 Å². The molecule has 0 aliphatic heterocycles. The zero-order valence-electron chi connectivity index (χ0n) is 20.5. The molecule has 1 amide bonds. The Morgan fingerprint density at radius 2 is 1.08 bits per heavy atom. The SMILES string of the molecule is Cc1ccc(N(CC(=O)N(Cc2ccccc2)Cc2ccccc2)S(=O)(=O)c2ccc(C)cc2)cc1. The molecule has 0 heterocycles. The van der Waals surface area contributed by atoms with Gasteiger partial charge in [-0.25, -0.2) is 8.42 Å². The highest BCUT2D eigenvalue weighted by Gasteiger charge is 2.29. The Morgan fingerprint density at radius 1 is 0.639 bits per heavy atom. The van der Waals surface area contributed by atoms with Gasteiger partial charge in [-0.15, -0.1) is 0 Å². The third kappa shape index (κ3) is 6.20. The fourth-order valence-corrected chi connectivity index (χ4v) is 5.34. The predicted molar refractivity (Wildman–Crippen MR) is 144 cm³/mol. The zero-order chi connectivity index (χ0) is 25.5. The molecule has 4 rings (SSSR count). The molecule has 0 aliphatic rings. The Kier molecular flexibility index (Phi) is 7.86. The lowest BCUT2D eigenvalue weighted by atomic mass is 10.1. The molecule has 6 heteroatoms. The summed E-state index contributed by atoms with van der Waals surface area (Å²) in [5.74, 6) is -0.279. The molecule has 4 aromatic carbocycles. The van der Waals surface area contributed by atoms with E-state index in [1.807, 2.05) is 86.6 Å². The van der Waals surface area contributed by atoms with Crippen LogP contribution in [0.3, 0.4) is 0 Å². The van der Waals surface area contributed by atoms with Crippen LogP contribution in [0.1, 0.15) is 22.3 Å². The van der Waals surface area contributed by atoms with Gasteiger partial charge in [0.15, 0.2) is 0 Å². The van der Waals surface area contributed by atoms with Crippen LogP contribution in [0.2, 0.25) is 0 Å². The summed E-state index contributed by atoms with van der Waals surface area (Å²) in [5, 5.41) is 0. The van der Waals surface area contributed by atoms with Gasteiger partial charge in [0.25, 0.3) is 10.0 Å². The number of hydrogen-bond donors (Lipinski definition) is 0. The third-order valence-corrected chi connectivity index (χ3v) is 7.78. The normalized spacial score (nSPS) is 11.2. The van der Waals surface area contributed by atoms with Crippen LogP contribution >= 0.6 is 0 Å². The topological polar surface area (TPSA) is 57.7 Å². The molecule has 184 valence electrons. The van der Waals surface area contributed by atoms with Crippen LogP contribution in [0.15, 0.2) is 114 Å². The number of anilines is 1. The maximum Gasteiger partial charge on any atom is 0.264 e. The summed E-state index contributed by atoms with van der Waals surface area (Å²) < 4.78 is 28.7. The van der Waals surface area contributed by atoms with Crippen molar-refractivity contribution in [3.05, 3.63) is 131 Å². The molecule has 0 atom stereocenters. The van der Waals surface area contributed by atoms with Crippen molar-refractivity contribution in [1.29, 1.82) is 0 Å². The molecular weight excluding hydrogens is 468 g/mol. The Bertz CT molecular complexity index is 1350. The highest BCUT2D eigenvalue weighted by atomic mass is 32.2. The van der Waals surface area contributed by atoms with Crippen LogP contribution in [0.4, 0.5) is 5.69 Å². The van der Waals surface area contributed by atoms with Crippen molar-refractivity contribution < 1.29 is 13.2 Å². The first kappa shape index (κ1) is 25.2. The number of rotatable bonds is 9. The predicted octanol–water partition coefficient (Wildman–Crippen LogP) is 5.73. The zero-order valence-corrected chi connectivity index (χ0v) is 21.4. The lowest BCUT2D eigenvalue weighted by Crippen LogP contribution is -2.42. The van der Waals surface area contributed by atoms with E-state index in [1.54, 1.807) is 41.3 Å². The van der Waals surface area contributed by atoms with Gasteiger partial charge in [0, 0.05) is 13.1 Å². The first-order chi connectivity index (χ1) is 17.3. The standard InChI is InChI=1S/C30H30N2O3S/c1-24-13-17-28(18-14-24)32(36(34,35)29-19-15-25(2)16-20-29)23-30(33)31(21-26-9-5-3-6-10-26)22-27-11-7-4-8-12-27/h3-20H,21-23H2,1-2H3. The highest BCUT2D eigenvalue weighted by Crippen LogP contribution is 2.25. The smallest absolute Gasteiger partial charge is 0.264 e. The van der Waals surface area contributed by atoms with Crippen molar-refractivity contribution in [2.45, 2.75) is 31.8 Å². The van der Waals surface area contributed by atoms with E-state index in [4.69, 9.17) is 0 Å².